The lowest BCUT2D eigenvalue weighted by Gasteiger charge is -2.23. The van der Waals surface area contributed by atoms with Crippen molar-refractivity contribution in [3.8, 4) is 0 Å². The van der Waals surface area contributed by atoms with Crippen molar-refractivity contribution < 1.29 is 14.3 Å². The van der Waals surface area contributed by atoms with Crippen LogP contribution in [-0.4, -0.2) is 57.2 Å². The summed E-state index contributed by atoms with van der Waals surface area (Å²) < 4.78 is 12.8. The minimum Gasteiger partial charge on any atom is -0.481 e. The number of hydrogen-bond acceptors (Lipinski definition) is 5. The monoisotopic (exact) mass is 442 g/mol. The van der Waals surface area contributed by atoms with Gasteiger partial charge in [-0.2, -0.15) is 0 Å². The molecule has 0 bridgehead atoms. The summed E-state index contributed by atoms with van der Waals surface area (Å²) in [6.45, 7) is 1.82. The predicted octanol–water partition coefficient (Wildman–Crippen LogP) is 4.07. The second kappa shape index (κ2) is 13.2. The molecule has 0 aliphatic heterocycles. The Morgan fingerprint density at radius 3 is 2.69 bits per heavy atom. The van der Waals surface area contributed by atoms with Gasteiger partial charge < -0.3 is 10.0 Å². The molecule has 0 radical (unpaired) electrons. The van der Waals surface area contributed by atoms with E-state index in [1.807, 2.05) is 0 Å². The van der Waals surface area contributed by atoms with Gasteiger partial charge in [-0.3, -0.25) is 14.2 Å². The van der Waals surface area contributed by atoms with E-state index in [1.165, 1.54) is 30.4 Å². The van der Waals surface area contributed by atoms with E-state index in [0.29, 0.717) is 32.4 Å². The fourth-order valence-electron chi connectivity index (χ4n) is 4.37. The lowest BCUT2D eigenvalue weighted by atomic mass is 9.95. The number of aliphatic carboxylic acids is 1. The lowest BCUT2D eigenvalue weighted by Crippen LogP contribution is -2.31. The van der Waals surface area contributed by atoms with Crippen molar-refractivity contribution in [1.29, 1.82) is 0 Å². The summed E-state index contributed by atoms with van der Waals surface area (Å²) in [6, 6.07) is 6.16. The first-order chi connectivity index (χ1) is 15.7. The normalized spacial score (nSPS) is 14.3. The quantitative estimate of drug-likeness (QED) is 0.444. The molecule has 0 fully saturated rings. The van der Waals surface area contributed by atoms with Gasteiger partial charge in [0.05, 0.1) is 12.6 Å². The molecule has 1 aliphatic carbocycles. The van der Waals surface area contributed by atoms with Gasteiger partial charge in [0, 0.05) is 36.2 Å². The third-order valence-corrected chi connectivity index (χ3v) is 6.24. The molecule has 0 saturated carbocycles. The molecule has 1 aliphatic rings. The van der Waals surface area contributed by atoms with E-state index in [4.69, 9.17) is 4.98 Å². The number of carbonyl (C=O) groups is 1. The highest BCUT2D eigenvalue weighted by atomic mass is 19.1. The third kappa shape index (κ3) is 7.93. The molecule has 1 N–H and O–H groups in total. The molecule has 0 unspecified atom stereocenters. The molecule has 7 heteroatoms. The topological polar surface area (TPSA) is 79.2 Å². The fourth-order valence-corrected chi connectivity index (χ4v) is 4.37. The smallest absolute Gasteiger partial charge is 0.306 e. The first-order valence-electron chi connectivity index (χ1n) is 11.9. The molecule has 32 heavy (non-hydrogen) atoms. The number of carboxylic acid groups (broad SMARTS) is 1. The Morgan fingerprint density at radius 1 is 1.06 bits per heavy atom. The number of fused-ring (bicyclic) bond motifs is 1. The second-order valence-electron chi connectivity index (χ2n) is 8.69. The Bertz CT molecular complexity index is 834. The van der Waals surface area contributed by atoms with Crippen molar-refractivity contribution in [2.24, 2.45) is 5.92 Å². The van der Waals surface area contributed by atoms with Crippen molar-refractivity contribution >= 4 is 5.97 Å². The van der Waals surface area contributed by atoms with Gasteiger partial charge in [-0.15, -0.1) is 0 Å². The maximum Gasteiger partial charge on any atom is 0.306 e. The van der Waals surface area contributed by atoms with Gasteiger partial charge in [0.25, 0.3) is 0 Å². The lowest BCUT2D eigenvalue weighted by molar-refractivity contribution is -0.142. The highest BCUT2D eigenvalue weighted by Gasteiger charge is 2.20. The fraction of sp³-hybridized carbons (Fsp3) is 0.600. The molecule has 0 spiro atoms. The number of rotatable bonds is 14. The standard InChI is InChI=1S/C25H35FN4O2/c26-13-5-16-30(17-12-21(25(31)32)18-23-11-14-27-19-28-23)15-4-3-7-22-10-9-20-6-1-2-8-24(20)29-22/h9-11,14,19,21H,1-8,12-13,15-18H2,(H,31,32)/t21-/m1/s1. The van der Waals surface area contributed by atoms with Crippen LogP contribution in [0, 0.1) is 5.92 Å². The van der Waals surface area contributed by atoms with E-state index >= 15 is 0 Å². The van der Waals surface area contributed by atoms with Crippen molar-refractivity contribution in [2.45, 2.75) is 64.2 Å². The SMILES string of the molecule is O=C(O)[C@H](CCN(CCCF)CCCCc1ccc2c(n1)CCCC2)Cc1ccncn1. The minimum absolute atomic E-state index is 0.348. The van der Waals surface area contributed by atoms with Gasteiger partial charge in [0.2, 0.25) is 0 Å². The van der Waals surface area contributed by atoms with E-state index in [0.717, 1.165) is 50.0 Å². The van der Waals surface area contributed by atoms with Gasteiger partial charge in [0.15, 0.2) is 0 Å². The summed E-state index contributed by atoms with van der Waals surface area (Å²) in [7, 11) is 0. The Kier molecular flexibility index (Phi) is 10.0. The zero-order chi connectivity index (χ0) is 22.6. The molecule has 0 aromatic carbocycles. The zero-order valence-corrected chi connectivity index (χ0v) is 18.9. The largest absolute Gasteiger partial charge is 0.481 e. The van der Waals surface area contributed by atoms with Crippen LogP contribution in [0.3, 0.4) is 0 Å². The van der Waals surface area contributed by atoms with Gasteiger partial charge in [-0.05, 0) is 88.6 Å². The van der Waals surface area contributed by atoms with Crippen LogP contribution in [0.1, 0.15) is 61.2 Å². The maximum atomic E-state index is 12.8. The number of pyridine rings is 1. The van der Waals surface area contributed by atoms with Crippen LogP contribution in [0.5, 0.6) is 0 Å². The Labute approximate surface area is 190 Å². The molecular formula is C25H35FN4O2. The van der Waals surface area contributed by atoms with Crippen LogP contribution in [-0.2, 0) is 30.5 Å². The molecule has 2 aromatic rings. The zero-order valence-electron chi connectivity index (χ0n) is 18.9. The molecule has 0 saturated heterocycles. The van der Waals surface area contributed by atoms with Crippen molar-refractivity contribution in [3.63, 3.8) is 0 Å². The number of halogens is 1. The summed E-state index contributed by atoms with van der Waals surface area (Å²) in [5, 5.41) is 9.62. The number of carboxylic acids is 1. The van der Waals surface area contributed by atoms with E-state index in [-0.39, 0.29) is 6.67 Å². The first kappa shape index (κ1) is 24.2. The van der Waals surface area contributed by atoms with Crippen LogP contribution >= 0.6 is 0 Å². The van der Waals surface area contributed by atoms with Crippen LogP contribution in [0.15, 0.2) is 30.7 Å². The van der Waals surface area contributed by atoms with E-state index < -0.39 is 11.9 Å². The Hall–Kier alpha value is -2.41. The van der Waals surface area contributed by atoms with Gasteiger partial charge in [-0.1, -0.05) is 6.07 Å². The highest BCUT2D eigenvalue weighted by Crippen LogP contribution is 2.20. The van der Waals surface area contributed by atoms with E-state index in [9.17, 15) is 14.3 Å². The second-order valence-corrected chi connectivity index (χ2v) is 8.69. The summed E-state index contributed by atoms with van der Waals surface area (Å²) in [5.74, 6) is -1.31. The number of alkyl halides is 1. The van der Waals surface area contributed by atoms with Crippen molar-refractivity contribution in [2.75, 3.05) is 26.3 Å². The molecule has 3 rings (SSSR count). The predicted molar refractivity (Wildman–Crippen MR) is 122 cm³/mol. The molecule has 2 heterocycles. The Balaban J connectivity index is 1.45. The minimum atomic E-state index is -0.812. The molecule has 174 valence electrons. The summed E-state index contributed by atoms with van der Waals surface area (Å²) in [6.07, 6.45) is 12.2. The molecule has 0 amide bonds. The van der Waals surface area contributed by atoms with Gasteiger partial charge in [0.1, 0.15) is 6.33 Å². The van der Waals surface area contributed by atoms with Crippen LogP contribution in [0.4, 0.5) is 4.39 Å². The van der Waals surface area contributed by atoms with Crippen molar-refractivity contribution in [3.05, 3.63) is 53.4 Å². The average molecular weight is 443 g/mol. The molecule has 6 nitrogen and oxygen atoms in total. The van der Waals surface area contributed by atoms with Gasteiger partial charge >= 0.3 is 5.97 Å². The average Bonchev–Trinajstić information content (AvgIpc) is 2.82. The first-order valence-corrected chi connectivity index (χ1v) is 11.9. The number of nitrogens with zero attached hydrogens (tertiary/aromatic N) is 4. The summed E-state index contributed by atoms with van der Waals surface area (Å²) >= 11 is 0. The van der Waals surface area contributed by atoms with Crippen LogP contribution in [0.25, 0.3) is 0 Å². The molecule has 2 aromatic heterocycles. The number of aromatic nitrogens is 3. The number of hydrogen-bond donors (Lipinski definition) is 1. The van der Waals surface area contributed by atoms with Crippen LogP contribution in [0.2, 0.25) is 0 Å². The number of unbranched alkanes of at least 4 members (excludes halogenated alkanes) is 1. The van der Waals surface area contributed by atoms with Crippen LogP contribution < -0.4 is 0 Å². The Morgan fingerprint density at radius 2 is 1.91 bits per heavy atom. The van der Waals surface area contributed by atoms with Crippen molar-refractivity contribution in [1.82, 2.24) is 19.9 Å². The third-order valence-electron chi connectivity index (χ3n) is 6.24. The van der Waals surface area contributed by atoms with E-state index in [1.54, 1.807) is 12.3 Å². The molecule has 1 atom stereocenters. The summed E-state index contributed by atoms with van der Waals surface area (Å²) in [4.78, 5) is 26.8. The van der Waals surface area contributed by atoms with Gasteiger partial charge in [-0.25, -0.2) is 9.97 Å². The molecular weight excluding hydrogens is 407 g/mol. The van der Waals surface area contributed by atoms with E-state index in [2.05, 4.69) is 27.0 Å². The highest BCUT2D eigenvalue weighted by molar-refractivity contribution is 5.70. The number of aryl methyl sites for hydroxylation is 3. The summed E-state index contributed by atoms with van der Waals surface area (Å²) in [5.41, 5.74) is 4.59. The maximum absolute atomic E-state index is 12.8.